The van der Waals surface area contributed by atoms with E-state index >= 15 is 0 Å². The van der Waals surface area contributed by atoms with E-state index in [-0.39, 0.29) is 18.6 Å². The fraction of sp³-hybridized carbons (Fsp3) is 0.292. The quantitative estimate of drug-likeness (QED) is 0.371. The lowest BCUT2D eigenvalue weighted by Gasteiger charge is -2.12. The first-order valence-electron chi connectivity index (χ1n) is 11.0. The van der Waals surface area contributed by atoms with Gasteiger partial charge in [0.15, 0.2) is 28.5 Å². The molecular formula is C24H26N6O3. The van der Waals surface area contributed by atoms with E-state index in [1.54, 1.807) is 18.5 Å². The second-order valence-corrected chi connectivity index (χ2v) is 8.20. The summed E-state index contributed by atoms with van der Waals surface area (Å²) in [5, 5.41) is 16.2. The van der Waals surface area contributed by atoms with Gasteiger partial charge < -0.3 is 29.8 Å². The summed E-state index contributed by atoms with van der Waals surface area (Å²) in [5.41, 5.74) is 3.69. The molecule has 0 saturated carbocycles. The lowest BCUT2D eigenvalue weighted by molar-refractivity contribution is 0.174. The largest absolute Gasteiger partial charge is 0.508 e. The van der Waals surface area contributed by atoms with Crippen LogP contribution in [-0.4, -0.2) is 38.0 Å². The average molecular weight is 447 g/mol. The molecule has 9 nitrogen and oxygen atoms in total. The number of aromatic nitrogens is 4. The summed E-state index contributed by atoms with van der Waals surface area (Å²) in [5.74, 6) is 2.99. The Kier molecular flexibility index (Phi) is 5.60. The van der Waals surface area contributed by atoms with Crippen molar-refractivity contribution in [2.24, 2.45) is 0 Å². The number of aromatic hydroxyl groups is 1. The third-order valence-electron chi connectivity index (χ3n) is 5.51. The van der Waals surface area contributed by atoms with Crippen molar-refractivity contribution in [1.82, 2.24) is 19.5 Å². The van der Waals surface area contributed by atoms with Crippen molar-refractivity contribution in [3.8, 4) is 17.2 Å². The minimum Gasteiger partial charge on any atom is -0.508 e. The second kappa shape index (κ2) is 8.85. The highest BCUT2D eigenvalue weighted by Gasteiger charge is 2.16. The molecule has 3 heterocycles. The van der Waals surface area contributed by atoms with Crippen molar-refractivity contribution >= 4 is 22.9 Å². The fourth-order valence-corrected chi connectivity index (χ4v) is 3.72. The lowest BCUT2D eigenvalue weighted by Crippen LogP contribution is -2.11. The molecular weight excluding hydrogens is 420 g/mol. The van der Waals surface area contributed by atoms with E-state index < -0.39 is 0 Å². The molecule has 0 atom stereocenters. The summed E-state index contributed by atoms with van der Waals surface area (Å²) >= 11 is 0. The maximum absolute atomic E-state index is 9.47. The number of nitrogens with zero attached hydrogens (tertiary/aromatic N) is 4. The van der Waals surface area contributed by atoms with Crippen LogP contribution in [0.25, 0.3) is 11.2 Å². The Bertz CT molecular complexity index is 1270. The number of phenolic OH excluding ortho intramolecular Hbond substituents is 1. The lowest BCUT2D eigenvalue weighted by atomic mass is 10.1. The molecule has 0 bridgehead atoms. The molecule has 2 aromatic heterocycles. The summed E-state index contributed by atoms with van der Waals surface area (Å²) in [4.78, 5) is 14.0. The number of ether oxygens (including phenoxy) is 2. The first kappa shape index (κ1) is 20.9. The van der Waals surface area contributed by atoms with Gasteiger partial charge in [0, 0.05) is 19.1 Å². The van der Waals surface area contributed by atoms with E-state index in [2.05, 4.69) is 29.5 Å². The van der Waals surface area contributed by atoms with Crippen LogP contribution in [0.4, 0.5) is 11.8 Å². The Morgan fingerprint density at radius 2 is 1.79 bits per heavy atom. The number of phenols is 1. The molecule has 0 saturated heterocycles. The molecule has 0 fully saturated rings. The third kappa shape index (κ3) is 4.48. The molecule has 0 spiro atoms. The van der Waals surface area contributed by atoms with Crippen LogP contribution in [-0.2, 0) is 13.0 Å². The summed E-state index contributed by atoms with van der Waals surface area (Å²) in [6.07, 6.45) is 2.59. The molecule has 1 aliphatic rings. The van der Waals surface area contributed by atoms with E-state index in [0.29, 0.717) is 24.9 Å². The number of fused-ring (bicyclic) bond motifs is 2. The van der Waals surface area contributed by atoms with Gasteiger partial charge in [-0.25, -0.2) is 4.98 Å². The average Bonchev–Trinajstić information content (AvgIpc) is 3.45. The topological polar surface area (TPSA) is 106 Å². The van der Waals surface area contributed by atoms with Gasteiger partial charge >= 0.3 is 0 Å². The van der Waals surface area contributed by atoms with Gasteiger partial charge in [0.2, 0.25) is 12.7 Å². The molecule has 0 amide bonds. The van der Waals surface area contributed by atoms with Crippen LogP contribution in [0.15, 0.2) is 48.8 Å². The monoisotopic (exact) mass is 446 g/mol. The molecule has 3 N–H and O–H groups in total. The van der Waals surface area contributed by atoms with E-state index in [0.717, 1.165) is 40.2 Å². The number of hydrogen-bond donors (Lipinski definition) is 3. The zero-order chi connectivity index (χ0) is 22.8. The summed E-state index contributed by atoms with van der Waals surface area (Å²) < 4.78 is 12.9. The predicted molar refractivity (Wildman–Crippen MR) is 126 cm³/mol. The zero-order valence-corrected chi connectivity index (χ0v) is 18.6. The molecule has 4 aromatic rings. The first-order valence-corrected chi connectivity index (χ1v) is 11.0. The van der Waals surface area contributed by atoms with Gasteiger partial charge in [-0.1, -0.05) is 18.2 Å². The molecule has 5 rings (SSSR count). The van der Waals surface area contributed by atoms with Gasteiger partial charge in [-0.15, -0.1) is 0 Å². The number of imidazole rings is 1. The van der Waals surface area contributed by atoms with E-state index in [4.69, 9.17) is 19.4 Å². The zero-order valence-electron chi connectivity index (χ0n) is 18.6. The second-order valence-electron chi connectivity index (χ2n) is 8.20. The molecule has 0 unspecified atom stereocenters. The molecule has 33 heavy (non-hydrogen) atoms. The highest BCUT2D eigenvalue weighted by Crippen LogP contribution is 2.32. The molecule has 0 aliphatic carbocycles. The third-order valence-corrected chi connectivity index (χ3v) is 5.51. The molecule has 1 aliphatic heterocycles. The number of hydrogen-bond acceptors (Lipinski definition) is 8. The van der Waals surface area contributed by atoms with Crippen molar-refractivity contribution < 1.29 is 14.6 Å². The maximum atomic E-state index is 9.47. The predicted octanol–water partition coefficient (Wildman–Crippen LogP) is 4.11. The van der Waals surface area contributed by atoms with Gasteiger partial charge in [-0.2, -0.15) is 9.97 Å². The Hall–Kier alpha value is -4.01. The highest BCUT2D eigenvalue weighted by molar-refractivity contribution is 5.84. The smallest absolute Gasteiger partial charge is 0.231 e. The van der Waals surface area contributed by atoms with E-state index in [1.807, 2.05) is 34.9 Å². The van der Waals surface area contributed by atoms with Crippen LogP contribution in [0.3, 0.4) is 0 Å². The summed E-state index contributed by atoms with van der Waals surface area (Å²) in [7, 11) is 0. The van der Waals surface area contributed by atoms with Crippen molar-refractivity contribution in [3.63, 3.8) is 0 Å². The number of nitrogens with one attached hydrogen (secondary N) is 2. The van der Waals surface area contributed by atoms with Crippen molar-refractivity contribution in [1.29, 1.82) is 0 Å². The number of benzene rings is 2. The van der Waals surface area contributed by atoms with Gasteiger partial charge in [-0.3, -0.25) is 0 Å². The number of rotatable bonds is 8. The minimum absolute atomic E-state index is 0.219. The summed E-state index contributed by atoms with van der Waals surface area (Å²) in [6, 6.07) is 13.3. The molecule has 9 heteroatoms. The normalized spacial score (nSPS) is 12.5. The first-order chi connectivity index (χ1) is 16.1. The Morgan fingerprint density at radius 1 is 1.00 bits per heavy atom. The van der Waals surface area contributed by atoms with Gasteiger partial charge in [0.1, 0.15) is 5.75 Å². The Morgan fingerprint density at radius 3 is 2.61 bits per heavy atom. The van der Waals surface area contributed by atoms with E-state index in [9.17, 15) is 5.11 Å². The maximum Gasteiger partial charge on any atom is 0.231 e. The van der Waals surface area contributed by atoms with Crippen molar-refractivity contribution in [3.05, 3.63) is 59.9 Å². The van der Waals surface area contributed by atoms with Crippen molar-refractivity contribution in [2.75, 3.05) is 24.0 Å². The van der Waals surface area contributed by atoms with Crippen LogP contribution in [0.5, 0.6) is 17.2 Å². The van der Waals surface area contributed by atoms with Gasteiger partial charge in [0.05, 0.1) is 6.33 Å². The standard InChI is InChI=1S/C24H26N6O3/c1-15(2)30-13-27-21-22(25-10-9-16-3-6-18(31)7-4-16)28-24(29-23(21)30)26-12-17-5-8-19-20(11-17)33-14-32-19/h3-8,11,13,15,31H,9-10,12,14H2,1-2H3,(H2,25,26,28,29). The highest BCUT2D eigenvalue weighted by atomic mass is 16.7. The van der Waals surface area contributed by atoms with Crippen LogP contribution in [0, 0.1) is 0 Å². The SMILES string of the molecule is CC(C)n1cnc2c(NCCc3ccc(O)cc3)nc(NCc3ccc4c(c3)OCO4)nc21. The molecule has 170 valence electrons. The van der Waals surface area contributed by atoms with Crippen molar-refractivity contribution in [2.45, 2.75) is 32.9 Å². The van der Waals surface area contributed by atoms with Crippen LogP contribution >= 0.6 is 0 Å². The van der Waals surface area contributed by atoms with Gasteiger partial charge in [-0.05, 0) is 55.7 Å². The number of anilines is 2. The van der Waals surface area contributed by atoms with E-state index in [1.165, 1.54) is 0 Å². The summed E-state index contributed by atoms with van der Waals surface area (Å²) in [6.45, 7) is 5.67. The molecule has 0 radical (unpaired) electrons. The van der Waals surface area contributed by atoms with Crippen LogP contribution in [0.2, 0.25) is 0 Å². The van der Waals surface area contributed by atoms with Gasteiger partial charge in [0.25, 0.3) is 0 Å². The Balaban J connectivity index is 1.36. The molecule has 2 aromatic carbocycles. The van der Waals surface area contributed by atoms with Crippen LogP contribution in [0.1, 0.15) is 31.0 Å². The Labute approximate surface area is 191 Å². The van der Waals surface area contributed by atoms with Crippen LogP contribution < -0.4 is 20.1 Å². The minimum atomic E-state index is 0.219. The fourth-order valence-electron chi connectivity index (χ4n) is 3.72.